The molecule has 12 nitrogen and oxygen atoms in total. The number of carboxylic acid groups (broad SMARTS) is 1. The Morgan fingerprint density at radius 3 is 2.53 bits per heavy atom. The number of nitrogens with zero attached hydrogens (tertiary/aromatic N) is 5. The van der Waals surface area contributed by atoms with E-state index in [4.69, 9.17) is 0 Å². The van der Waals surface area contributed by atoms with Crippen molar-refractivity contribution >= 4 is 33.2 Å². The maximum atomic E-state index is 14.2. The Morgan fingerprint density at radius 2 is 1.81 bits per heavy atom. The van der Waals surface area contributed by atoms with Crippen LogP contribution in [0.2, 0.25) is 0 Å². The van der Waals surface area contributed by atoms with Gasteiger partial charge in [-0.1, -0.05) is 36.1 Å². The van der Waals surface area contributed by atoms with Crippen molar-refractivity contribution in [1.82, 2.24) is 19.7 Å². The molecule has 1 aliphatic rings. The zero-order valence-corrected chi connectivity index (χ0v) is 26.7. The fraction of sp³-hybridized carbons (Fsp3) is 0.265. The minimum Gasteiger partial charge on any atom is -0.480 e. The van der Waals surface area contributed by atoms with Crippen molar-refractivity contribution in [2.24, 2.45) is 11.4 Å². The highest BCUT2D eigenvalue weighted by atomic mass is 32.2. The summed E-state index contributed by atoms with van der Waals surface area (Å²) in [6.07, 6.45) is 2.52. The second kappa shape index (κ2) is 14.5. The standard InChI is InChI=1S/C34H34N6O6S/c1-23-16-30(39(2)37-23)33(43)36-27-9-6-8-24(18-27)12-13-25-17-26(21-35-20-25)32(42)38-47(46,29-10-4-3-5-11-29)15-7-14-40-22-28(41)19-31(40)34(44)45/h3-6,8-11,16-18,20-21,28,31,41H,7,14-15,19,22H2,1-2H3,(H,36,43)(H,44,45)/t28-,31?,47+/m1/s1. The van der Waals surface area contributed by atoms with Crippen LogP contribution in [-0.4, -0.2) is 82.9 Å². The number of β-amino-alcohol motifs (C(OH)–C–C–N with tert-alkyl or cyclic N) is 1. The molecule has 0 saturated carbocycles. The number of aliphatic hydroxyl groups is 1. The molecule has 2 amide bonds. The number of aromatic nitrogens is 3. The van der Waals surface area contributed by atoms with Crippen molar-refractivity contribution in [3.05, 3.63) is 107 Å². The molecule has 4 aromatic rings. The van der Waals surface area contributed by atoms with Gasteiger partial charge in [-0.15, -0.1) is 0 Å². The summed E-state index contributed by atoms with van der Waals surface area (Å²) in [4.78, 5) is 43.8. The van der Waals surface area contributed by atoms with Crippen LogP contribution in [-0.2, 0) is 21.6 Å². The van der Waals surface area contributed by atoms with E-state index < -0.39 is 33.8 Å². The number of hydrogen-bond donors (Lipinski definition) is 3. The zero-order chi connectivity index (χ0) is 33.6. The van der Waals surface area contributed by atoms with E-state index >= 15 is 0 Å². The lowest BCUT2D eigenvalue weighted by Gasteiger charge is -2.21. The van der Waals surface area contributed by atoms with Gasteiger partial charge in [-0.05, 0) is 55.8 Å². The molecular weight excluding hydrogens is 620 g/mol. The van der Waals surface area contributed by atoms with E-state index in [1.165, 1.54) is 23.1 Å². The van der Waals surface area contributed by atoms with Crippen molar-refractivity contribution in [2.75, 3.05) is 24.2 Å². The van der Waals surface area contributed by atoms with Crippen LogP contribution in [0, 0.1) is 18.8 Å². The number of benzene rings is 2. The highest BCUT2D eigenvalue weighted by Gasteiger charge is 2.35. The maximum absolute atomic E-state index is 14.2. The van der Waals surface area contributed by atoms with Crippen LogP contribution in [0.25, 0.3) is 0 Å². The molecule has 242 valence electrons. The second-order valence-electron chi connectivity index (χ2n) is 11.2. The Labute approximate surface area is 272 Å². The lowest BCUT2D eigenvalue weighted by molar-refractivity contribution is -0.142. The van der Waals surface area contributed by atoms with Crippen LogP contribution < -0.4 is 5.32 Å². The molecule has 3 atom stereocenters. The van der Waals surface area contributed by atoms with E-state index in [2.05, 4.69) is 31.6 Å². The van der Waals surface area contributed by atoms with Gasteiger partial charge in [-0.3, -0.25) is 28.9 Å². The molecule has 0 aliphatic carbocycles. The first-order valence-corrected chi connectivity index (χ1v) is 16.6. The predicted octanol–water partition coefficient (Wildman–Crippen LogP) is 3.35. The predicted molar refractivity (Wildman–Crippen MR) is 175 cm³/mol. The smallest absolute Gasteiger partial charge is 0.321 e. The summed E-state index contributed by atoms with van der Waals surface area (Å²) in [6.45, 7) is 2.30. The van der Waals surface area contributed by atoms with E-state index in [9.17, 15) is 28.8 Å². The van der Waals surface area contributed by atoms with Crippen molar-refractivity contribution in [3.8, 4) is 11.8 Å². The van der Waals surface area contributed by atoms with Gasteiger partial charge in [0.15, 0.2) is 0 Å². The molecule has 5 rings (SSSR count). The van der Waals surface area contributed by atoms with Crippen LogP contribution >= 0.6 is 0 Å². The Morgan fingerprint density at radius 1 is 1.04 bits per heavy atom. The van der Waals surface area contributed by atoms with Crippen LogP contribution in [0.3, 0.4) is 0 Å². The molecule has 13 heteroatoms. The molecule has 1 saturated heterocycles. The van der Waals surface area contributed by atoms with Crippen LogP contribution in [0.4, 0.5) is 5.69 Å². The van der Waals surface area contributed by atoms with Gasteiger partial charge in [0.2, 0.25) is 0 Å². The Hall–Kier alpha value is -5.16. The normalized spacial score (nSPS) is 17.3. The number of likely N-dealkylation sites (tertiary alicyclic amines) is 1. The first kappa shape index (κ1) is 33.2. The third-order valence-corrected chi connectivity index (χ3v) is 9.88. The molecule has 0 radical (unpaired) electrons. The number of amides is 2. The van der Waals surface area contributed by atoms with Crippen molar-refractivity contribution in [3.63, 3.8) is 0 Å². The number of anilines is 1. The van der Waals surface area contributed by atoms with Crippen molar-refractivity contribution in [2.45, 2.75) is 36.8 Å². The number of aliphatic carboxylic acids is 1. The molecule has 1 unspecified atom stereocenters. The molecule has 1 fully saturated rings. The van der Waals surface area contributed by atoms with Gasteiger partial charge in [-0.25, -0.2) is 4.21 Å². The maximum Gasteiger partial charge on any atom is 0.321 e. The van der Waals surface area contributed by atoms with E-state index in [1.807, 2.05) is 6.92 Å². The Kier molecular flexibility index (Phi) is 10.3. The first-order valence-electron chi connectivity index (χ1n) is 14.9. The quantitative estimate of drug-likeness (QED) is 0.229. The number of rotatable bonds is 9. The third-order valence-electron chi connectivity index (χ3n) is 7.57. The number of aryl methyl sites for hydroxylation is 2. The fourth-order valence-electron chi connectivity index (χ4n) is 5.35. The van der Waals surface area contributed by atoms with Gasteiger partial charge in [0.1, 0.15) is 11.7 Å². The van der Waals surface area contributed by atoms with Crippen molar-refractivity contribution in [1.29, 1.82) is 0 Å². The number of nitrogens with one attached hydrogen (secondary N) is 1. The monoisotopic (exact) mass is 654 g/mol. The SMILES string of the molecule is Cc1cc(C(=O)Nc2cccc(C#Cc3cncc(C(=O)N=[S@](=O)(CCCN4C[C@H](O)CC4C(=O)O)c4ccccc4)c3)c2)n(C)n1. The van der Waals surface area contributed by atoms with Gasteiger partial charge >= 0.3 is 5.97 Å². The number of aliphatic hydroxyl groups excluding tert-OH is 1. The first-order chi connectivity index (χ1) is 22.5. The molecule has 2 aromatic carbocycles. The summed E-state index contributed by atoms with van der Waals surface area (Å²) in [7, 11) is -1.53. The lowest BCUT2D eigenvalue weighted by atomic mass is 10.1. The highest BCUT2D eigenvalue weighted by molar-refractivity contribution is 7.94. The molecule has 2 aromatic heterocycles. The van der Waals surface area contributed by atoms with Gasteiger partial charge < -0.3 is 15.5 Å². The van der Waals surface area contributed by atoms with Crippen LogP contribution in [0.5, 0.6) is 0 Å². The topological polar surface area (TPSA) is 167 Å². The average Bonchev–Trinajstić information content (AvgIpc) is 3.60. The zero-order valence-electron chi connectivity index (χ0n) is 25.9. The van der Waals surface area contributed by atoms with E-state index in [1.54, 1.807) is 72.6 Å². The summed E-state index contributed by atoms with van der Waals surface area (Å²) in [5.74, 6) is 3.98. The van der Waals surface area contributed by atoms with Crippen LogP contribution in [0.15, 0.2) is 88.4 Å². The second-order valence-corrected chi connectivity index (χ2v) is 13.5. The fourth-order valence-corrected chi connectivity index (χ4v) is 7.25. The lowest BCUT2D eigenvalue weighted by Crippen LogP contribution is -2.37. The summed E-state index contributed by atoms with van der Waals surface area (Å²) in [5, 5.41) is 26.5. The molecule has 3 heterocycles. The van der Waals surface area contributed by atoms with E-state index in [0.717, 1.165) is 5.69 Å². The number of carboxylic acids is 1. The Balaban J connectivity index is 1.32. The average molecular weight is 655 g/mol. The summed E-state index contributed by atoms with van der Waals surface area (Å²) < 4.78 is 19.9. The van der Waals surface area contributed by atoms with E-state index in [-0.39, 0.29) is 36.7 Å². The molecule has 3 N–H and O–H groups in total. The summed E-state index contributed by atoms with van der Waals surface area (Å²) in [6, 6.07) is 17.9. The molecular formula is C34H34N6O6S. The number of hydrogen-bond acceptors (Lipinski definition) is 8. The molecule has 47 heavy (non-hydrogen) atoms. The van der Waals surface area contributed by atoms with Gasteiger partial charge in [0.25, 0.3) is 11.8 Å². The number of carbonyl (C=O) groups is 3. The van der Waals surface area contributed by atoms with Gasteiger partial charge in [0.05, 0.1) is 27.1 Å². The highest BCUT2D eigenvalue weighted by Crippen LogP contribution is 2.21. The molecule has 0 spiro atoms. The third kappa shape index (κ3) is 8.36. The van der Waals surface area contributed by atoms with E-state index in [0.29, 0.717) is 33.8 Å². The largest absolute Gasteiger partial charge is 0.480 e. The van der Waals surface area contributed by atoms with Crippen LogP contribution in [0.1, 0.15) is 50.5 Å². The summed E-state index contributed by atoms with van der Waals surface area (Å²) >= 11 is 0. The van der Waals surface area contributed by atoms with Gasteiger partial charge in [-0.2, -0.15) is 9.46 Å². The number of carbonyl (C=O) groups excluding carboxylic acids is 2. The number of pyridine rings is 1. The summed E-state index contributed by atoms with van der Waals surface area (Å²) in [5.41, 5.74) is 2.87. The molecule has 0 bridgehead atoms. The minimum atomic E-state index is -3.23. The van der Waals surface area contributed by atoms with Gasteiger partial charge in [0, 0.05) is 66.4 Å². The molecule has 1 aliphatic heterocycles. The Bertz CT molecular complexity index is 1990. The van der Waals surface area contributed by atoms with Crippen molar-refractivity contribution < 1.29 is 28.8 Å². The minimum absolute atomic E-state index is 0.0156.